The minimum Gasteiger partial charge on any atom is -0.264 e. The molecule has 0 aliphatic heterocycles. The lowest BCUT2D eigenvalue weighted by molar-refractivity contribution is 1.25. The molecule has 1 heterocycles. The molecule has 0 bridgehead atoms. The van der Waals surface area contributed by atoms with Crippen molar-refractivity contribution in [3.8, 4) is 0 Å². The molecule has 0 spiro atoms. The number of pyridine rings is 1. The maximum absolute atomic E-state index is 6.00. The second-order valence-corrected chi connectivity index (χ2v) is 4.22. The Hall–Kier alpha value is -1.71. The van der Waals surface area contributed by atoms with Gasteiger partial charge in [0.05, 0.1) is 6.21 Å². The second-order valence-electron chi connectivity index (χ2n) is 3.43. The Labute approximate surface area is 115 Å². The van der Waals surface area contributed by atoms with Crippen molar-refractivity contribution in [2.24, 2.45) is 10.2 Å². The largest absolute Gasteiger partial charge is 0.264 e. The van der Waals surface area contributed by atoms with Gasteiger partial charge in [-0.3, -0.25) is 4.98 Å². The predicted molar refractivity (Wildman–Crippen MR) is 75.7 cm³/mol. The van der Waals surface area contributed by atoms with E-state index in [1.165, 1.54) is 0 Å². The molecule has 0 N–H and O–H groups in total. The van der Waals surface area contributed by atoms with Crippen LogP contribution in [-0.4, -0.2) is 16.4 Å². The van der Waals surface area contributed by atoms with Gasteiger partial charge in [0.25, 0.3) is 0 Å². The van der Waals surface area contributed by atoms with E-state index >= 15 is 0 Å². The van der Waals surface area contributed by atoms with E-state index < -0.39 is 0 Å². The standard InChI is InChI=1S/C13H9Cl2N3/c14-12-5-3-11(4-6-12)13(15)18-17-9-10-2-1-7-16-8-10/h1-9H/b17-9+,18-13+. The summed E-state index contributed by atoms with van der Waals surface area (Å²) >= 11 is 11.8. The zero-order valence-corrected chi connectivity index (χ0v) is 10.8. The van der Waals surface area contributed by atoms with Crippen molar-refractivity contribution in [2.45, 2.75) is 0 Å². The van der Waals surface area contributed by atoms with Crippen LogP contribution in [0.1, 0.15) is 11.1 Å². The first-order valence-corrected chi connectivity index (χ1v) is 5.94. The van der Waals surface area contributed by atoms with Crippen LogP contribution in [0.3, 0.4) is 0 Å². The van der Waals surface area contributed by atoms with E-state index in [0.717, 1.165) is 11.1 Å². The first kappa shape index (κ1) is 12.7. The summed E-state index contributed by atoms with van der Waals surface area (Å²) in [5.41, 5.74) is 1.63. The van der Waals surface area contributed by atoms with Crippen LogP contribution < -0.4 is 0 Å². The third kappa shape index (κ3) is 3.65. The molecule has 2 rings (SSSR count). The van der Waals surface area contributed by atoms with Gasteiger partial charge in [-0.2, -0.15) is 5.10 Å². The minimum atomic E-state index is 0.312. The maximum Gasteiger partial charge on any atom is 0.158 e. The first-order chi connectivity index (χ1) is 8.75. The van der Waals surface area contributed by atoms with Gasteiger partial charge in [0.15, 0.2) is 5.17 Å². The van der Waals surface area contributed by atoms with E-state index in [9.17, 15) is 0 Å². The van der Waals surface area contributed by atoms with Gasteiger partial charge in [-0.25, -0.2) is 0 Å². The van der Waals surface area contributed by atoms with Crippen molar-refractivity contribution in [1.29, 1.82) is 0 Å². The average Bonchev–Trinajstić information content (AvgIpc) is 2.40. The van der Waals surface area contributed by atoms with Gasteiger partial charge in [-0.15, -0.1) is 5.10 Å². The van der Waals surface area contributed by atoms with Crippen molar-refractivity contribution in [3.05, 3.63) is 64.9 Å². The summed E-state index contributed by atoms with van der Waals surface area (Å²) in [6.45, 7) is 0. The van der Waals surface area contributed by atoms with Gasteiger partial charge in [0.1, 0.15) is 0 Å². The van der Waals surface area contributed by atoms with E-state index in [-0.39, 0.29) is 0 Å². The summed E-state index contributed by atoms with van der Waals surface area (Å²) in [4.78, 5) is 3.96. The lowest BCUT2D eigenvalue weighted by atomic mass is 10.2. The highest BCUT2D eigenvalue weighted by atomic mass is 35.5. The smallest absolute Gasteiger partial charge is 0.158 e. The lowest BCUT2D eigenvalue weighted by Gasteiger charge is -1.96. The summed E-state index contributed by atoms with van der Waals surface area (Å²) < 4.78 is 0. The molecule has 0 atom stereocenters. The third-order valence-electron chi connectivity index (χ3n) is 2.12. The van der Waals surface area contributed by atoms with Crippen molar-refractivity contribution in [2.75, 3.05) is 0 Å². The molecule has 1 aromatic carbocycles. The number of nitrogens with zero attached hydrogens (tertiary/aromatic N) is 3. The molecule has 0 saturated heterocycles. The zero-order chi connectivity index (χ0) is 12.8. The summed E-state index contributed by atoms with van der Waals surface area (Å²) in [5, 5.41) is 8.76. The number of hydrogen-bond donors (Lipinski definition) is 0. The van der Waals surface area contributed by atoms with Crippen molar-refractivity contribution >= 4 is 34.6 Å². The van der Waals surface area contributed by atoms with Crippen LogP contribution >= 0.6 is 23.2 Å². The molecule has 0 amide bonds. The van der Waals surface area contributed by atoms with E-state index in [2.05, 4.69) is 15.2 Å². The highest BCUT2D eigenvalue weighted by Crippen LogP contribution is 2.12. The molecule has 0 saturated carbocycles. The Balaban J connectivity index is 2.10. The highest BCUT2D eigenvalue weighted by Gasteiger charge is 1.98. The molecule has 0 fully saturated rings. The van der Waals surface area contributed by atoms with Crippen LogP contribution in [-0.2, 0) is 0 Å². The SMILES string of the molecule is Cl/C(=N/N=C/c1cccnc1)c1ccc(Cl)cc1. The van der Waals surface area contributed by atoms with Gasteiger partial charge in [0.2, 0.25) is 0 Å². The number of benzene rings is 1. The number of rotatable bonds is 3. The number of halogens is 2. The van der Waals surface area contributed by atoms with Gasteiger partial charge in [-0.1, -0.05) is 41.4 Å². The fraction of sp³-hybridized carbons (Fsp3) is 0. The monoisotopic (exact) mass is 277 g/mol. The normalized spacial score (nSPS) is 12.0. The van der Waals surface area contributed by atoms with Crippen LogP contribution in [0.5, 0.6) is 0 Å². The van der Waals surface area contributed by atoms with Crippen molar-refractivity contribution < 1.29 is 0 Å². The van der Waals surface area contributed by atoms with Crippen LogP contribution in [0.4, 0.5) is 0 Å². The summed E-state index contributed by atoms with van der Waals surface area (Å²) in [6, 6.07) is 10.8. The lowest BCUT2D eigenvalue weighted by Crippen LogP contribution is -1.89. The fourth-order valence-electron chi connectivity index (χ4n) is 1.24. The predicted octanol–water partition coefficient (Wildman–Crippen LogP) is 3.75. The van der Waals surface area contributed by atoms with E-state index in [4.69, 9.17) is 23.2 Å². The minimum absolute atomic E-state index is 0.312. The van der Waals surface area contributed by atoms with Crippen molar-refractivity contribution in [3.63, 3.8) is 0 Å². The maximum atomic E-state index is 6.00. The Bertz CT molecular complexity index is 563. The molecule has 0 radical (unpaired) electrons. The van der Waals surface area contributed by atoms with Crippen LogP contribution in [0.15, 0.2) is 59.0 Å². The molecule has 0 aliphatic carbocycles. The molecule has 5 heteroatoms. The summed E-state index contributed by atoms with van der Waals surface area (Å²) in [6.07, 6.45) is 4.97. The van der Waals surface area contributed by atoms with Gasteiger partial charge in [-0.05, 0) is 18.2 Å². The van der Waals surface area contributed by atoms with Crippen LogP contribution in [0, 0.1) is 0 Å². The zero-order valence-electron chi connectivity index (χ0n) is 9.29. The molecule has 1 aromatic heterocycles. The molecule has 3 nitrogen and oxygen atoms in total. The van der Waals surface area contributed by atoms with Crippen molar-refractivity contribution in [1.82, 2.24) is 4.98 Å². The molecule has 18 heavy (non-hydrogen) atoms. The second kappa shape index (κ2) is 6.28. The van der Waals surface area contributed by atoms with E-state index in [1.54, 1.807) is 42.9 Å². The van der Waals surface area contributed by atoms with Crippen LogP contribution in [0.2, 0.25) is 5.02 Å². The average molecular weight is 278 g/mol. The quantitative estimate of drug-likeness (QED) is 0.622. The molecular formula is C13H9Cl2N3. The van der Waals surface area contributed by atoms with E-state index in [1.807, 2.05) is 12.1 Å². The molecular weight excluding hydrogens is 269 g/mol. The molecule has 0 unspecified atom stereocenters. The number of aromatic nitrogens is 1. The van der Waals surface area contributed by atoms with Crippen LogP contribution in [0.25, 0.3) is 0 Å². The Morgan fingerprint density at radius 1 is 1.17 bits per heavy atom. The molecule has 0 aliphatic rings. The Morgan fingerprint density at radius 2 is 1.94 bits per heavy atom. The highest BCUT2D eigenvalue weighted by molar-refractivity contribution is 6.69. The van der Waals surface area contributed by atoms with Gasteiger partial charge < -0.3 is 0 Å². The first-order valence-electron chi connectivity index (χ1n) is 5.18. The topological polar surface area (TPSA) is 37.6 Å². The molecule has 2 aromatic rings. The molecule has 90 valence electrons. The summed E-state index contributed by atoms with van der Waals surface area (Å²) in [5.74, 6) is 0. The summed E-state index contributed by atoms with van der Waals surface area (Å²) in [7, 11) is 0. The van der Waals surface area contributed by atoms with Gasteiger partial charge >= 0.3 is 0 Å². The Kier molecular flexibility index (Phi) is 4.45. The third-order valence-corrected chi connectivity index (χ3v) is 2.66. The number of hydrogen-bond acceptors (Lipinski definition) is 3. The van der Waals surface area contributed by atoms with E-state index in [0.29, 0.717) is 10.2 Å². The van der Waals surface area contributed by atoms with Gasteiger partial charge in [0, 0.05) is 28.5 Å². The Morgan fingerprint density at radius 3 is 2.61 bits per heavy atom. The fourth-order valence-corrected chi connectivity index (χ4v) is 1.54.